The van der Waals surface area contributed by atoms with Crippen molar-refractivity contribution in [2.75, 3.05) is 0 Å². The number of pyridine rings is 1. The minimum Gasteiger partial charge on any atom is -0.309 e. The Morgan fingerprint density at radius 3 is 2.11 bits per heavy atom. The molecule has 0 N–H and O–H groups in total. The van der Waals surface area contributed by atoms with Crippen LogP contribution in [-0.4, -0.2) is 9.55 Å². The van der Waals surface area contributed by atoms with E-state index in [2.05, 4.69) is 105 Å². The van der Waals surface area contributed by atoms with Gasteiger partial charge in [-0.05, 0) is 48.9 Å². The fourth-order valence-corrected chi connectivity index (χ4v) is 4.31. The van der Waals surface area contributed by atoms with Gasteiger partial charge < -0.3 is 4.57 Å². The van der Waals surface area contributed by atoms with E-state index < -0.39 is 0 Å². The molecular formula is C24H17BrN2. The van der Waals surface area contributed by atoms with Crippen molar-refractivity contribution in [3.8, 4) is 16.9 Å². The van der Waals surface area contributed by atoms with Gasteiger partial charge in [0, 0.05) is 32.7 Å². The van der Waals surface area contributed by atoms with Crippen LogP contribution in [0.4, 0.5) is 0 Å². The second-order valence-electron chi connectivity index (χ2n) is 6.74. The van der Waals surface area contributed by atoms with E-state index in [1.54, 1.807) is 0 Å². The van der Waals surface area contributed by atoms with Gasteiger partial charge in [0.05, 0.1) is 16.7 Å². The number of hydrogen-bond acceptors (Lipinski definition) is 1. The van der Waals surface area contributed by atoms with E-state index in [0.717, 1.165) is 21.4 Å². The summed E-state index contributed by atoms with van der Waals surface area (Å²) in [7, 11) is 0. The Morgan fingerprint density at radius 2 is 1.44 bits per heavy atom. The first-order valence-electron chi connectivity index (χ1n) is 8.93. The molecule has 2 aromatic heterocycles. The fourth-order valence-electron chi connectivity index (χ4n) is 3.83. The number of benzene rings is 3. The van der Waals surface area contributed by atoms with E-state index in [0.29, 0.717) is 0 Å². The lowest BCUT2D eigenvalue weighted by Gasteiger charge is -2.12. The monoisotopic (exact) mass is 412 g/mol. The van der Waals surface area contributed by atoms with E-state index in [-0.39, 0.29) is 0 Å². The lowest BCUT2D eigenvalue weighted by molar-refractivity contribution is 1.17. The Balaban J connectivity index is 1.84. The number of aromatic nitrogens is 2. The number of halogens is 1. The molecule has 2 nitrogen and oxygen atoms in total. The summed E-state index contributed by atoms with van der Waals surface area (Å²) in [6.45, 7) is 2.10. The van der Waals surface area contributed by atoms with Crippen LogP contribution in [0.5, 0.6) is 0 Å². The molecule has 0 amide bonds. The van der Waals surface area contributed by atoms with Crippen LogP contribution in [0.15, 0.2) is 89.5 Å². The molecule has 0 unspecified atom stereocenters. The number of hydrogen-bond donors (Lipinski definition) is 0. The van der Waals surface area contributed by atoms with Crippen molar-refractivity contribution < 1.29 is 0 Å². The molecule has 5 aromatic rings. The molecule has 0 saturated heterocycles. The number of nitrogens with zero attached hydrogens (tertiary/aromatic N) is 2. The van der Waals surface area contributed by atoms with Crippen LogP contribution in [-0.2, 0) is 0 Å². The van der Waals surface area contributed by atoms with Crippen LogP contribution in [0, 0.1) is 6.92 Å². The highest BCUT2D eigenvalue weighted by Crippen LogP contribution is 2.34. The molecule has 0 aliphatic rings. The van der Waals surface area contributed by atoms with Gasteiger partial charge in [-0.1, -0.05) is 58.4 Å². The summed E-state index contributed by atoms with van der Waals surface area (Å²) in [5.41, 5.74) is 6.84. The summed E-state index contributed by atoms with van der Waals surface area (Å²) in [4.78, 5) is 4.61. The minimum atomic E-state index is 1.01. The van der Waals surface area contributed by atoms with E-state index in [4.69, 9.17) is 0 Å². The quantitative estimate of drug-likeness (QED) is 0.307. The zero-order chi connectivity index (χ0) is 18.4. The lowest BCUT2D eigenvalue weighted by atomic mass is 10.1. The molecule has 0 bridgehead atoms. The SMILES string of the molecule is Cc1cccnc1-c1cc(Br)cc(-n2c3ccccc3c3ccccc32)c1. The van der Waals surface area contributed by atoms with Crippen LogP contribution in [0.1, 0.15) is 5.56 Å². The predicted molar refractivity (Wildman–Crippen MR) is 116 cm³/mol. The average molecular weight is 413 g/mol. The smallest absolute Gasteiger partial charge is 0.0732 e. The summed E-state index contributed by atoms with van der Waals surface area (Å²) in [6.07, 6.45) is 1.85. The molecular weight excluding hydrogens is 396 g/mol. The molecule has 3 aromatic carbocycles. The third-order valence-electron chi connectivity index (χ3n) is 5.00. The highest BCUT2D eigenvalue weighted by molar-refractivity contribution is 9.10. The fraction of sp³-hybridized carbons (Fsp3) is 0.0417. The third-order valence-corrected chi connectivity index (χ3v) is 5.46. The zero-order valence-electron chi connectivity index (χ0n) is 14.9. The molecule has 2 heterocycles. The molecule has 5 rings (SSSR count). The number of para-hydroxylation sites is 2. The Labute approximate surface area is 166 Å². The largest absolute Gasteiger partial charge is 0.309 e. The second kappa shape index (κ2) is 6.36. The van der Waals surface area contributed by atoms with E-state index in [1.807, 2.05) is 12.3 Å². The molecule has 0 aliphatic carbocycles. The first-order chi connectivity index (χ1) is 13.2. The minimum absolute atomic E-state index is 1.01. The lowest BCUT2D eigenvalue weighted by Crippen LogP contribution is -1.96. The Bertz CT molecular complexity index is 1250. The van der Waals surface area contributed by atoms with Gasteiger partial charge in [-0.3, -0.25) is 4.98 Å². The normalized spacial score (nSPS) is 11.3. The van der Waals surface area contributed by atoms with Crippen LogP contribution in [0.3, 0.4) is 0 Å². The molecule has 130 valence electrons. The Kier molecular flexibility index (Phi) is 3.83. The highest BCUT2D eigenvalue weighted by Gasteiger charge is 2.13. The van der Waals surface area contributed by atoms with Gasteiger partial charge in [0.25, 0.3) is 0 Å². The molecule has 27 heavy (non-hydrogen) atoms. The predicted octanol–water partition coefficient (Wildman–Crippen LogP) is 6.92. The molecule has 0 radical (unpaired) electrons. The highest BCUT2D eigenvalue weighted by atomic mass is 79.9. The van der Waals surface area contributed by atoms with Crippen molar-refractivity contribution in [3.05, 3.63) is 95.1 Å². The van der Waals surface area contributed by atoms with Gasteiger partial charge >= 0.3 is 0 Å². The van der Waals surface area contributed by atoms with Gasteiger partial charge in [0.15, 0.2) is 0 Å². The van der Waals surface area contributed by atoms with Crippen molar-refractivity contribution in [1.82, 2.24) is 9.55 Å². The average Bonchev–Trinajstić information content (AvgIpc) is 3.02. The maximum atomic E-state index is 4.61. The summed E-state index contributed by atoms with van der Waals surface area (Å²) in [6, 6.07) is 27.7. The second-order valence-corrected chi connectivity index (χ2v) is 7.65. The molecule has 0 spiro atoms. The maximum absolute atomic E-state index is 4.61. The van der Waals surface area contributed by atoms with Crippen LogP contribution in [0.2, 0.25) is 0 Å². The summed E-state index contributed by atoms with van der Waals surface area (Å²) in [5.74, 6) is 0. The van der Waals surface area contributed by atoms with Crippen LogP contribution < -0.4 is 0 Å². The van der Waals surface area contributed by atoms with E-state index >= 15 is 0 Å². The number of fused-ring (bicyclic) bond motifs is 3. The first-order valence-corrected chi connectivity index (χ1v) is 9.73. The van der Waals surface area contributed by atoms with Gasteiger partial charge in [0.1, 0.15) is 0 Å². The molecule has 0 saturated carbocycles. The van der Waals surface area contributed by atoms with Crippen molar-refractivity contribution in [2.45, 2.75) is 6.92 Å². The third kappa shape index (κ3) is 2.66. The summed E-state index contributed by atoms with van der Waals surface area (Å²) in [5, 5.41) is 2.53. The van der Waals surface area contributed by atoms with Crippen molar-refractivity contribution >= 4 is 37.7 Å². The number of aryl methyl sites for hydroxylation is 1. The molecule has 0 atom stereocenters. The molecule has 3 heteroatoms. The van der Waals surface area contributed by atoms with Crippen LogP contribution >= 0.6 is 15.9 Å². The maximum Gasteiger partial charge on any atom is 0.0732 e. The number of rotatable bonds is 2. The molecule has 0 fully saturated rings. The van der Waals surface area contributed by atoms with E-state index in [9.17, 15) is 0 Å². The summed E-state index contributed by atoms with van der Waals surface area (Å²) < 4.78 is 3.37. The Hall–Kier alpha value is -2.91. The van der Waals surface area contributed by atoms with Crippen molar-refractivity contribution in [3.63, 3.8) is 0 Å². The summed E-state index contributed by atoms with van der Waals surface area (Å²) >= 11 is 3.71. The molecule has 0 aliphatic heterocycles. The van der Waals surface area contributed by atoms with Gasteiger partial charge in [-0.25, -0.2) is 0 Å². The van der Waals surface area contributed by atoms with E-state index in [1.165, 1.54) is 27.4 Å². The van der Waals surface area contributed by atoms with Gasteiger partial charge in [-0.15, -0.1) is 0 Å². The standard InChI is InChI=1S/C24H17BrN2/c1-16-7-6-12-26-24(16)17-13-18(25)15-19(14-17)27-22-10-4-2-8-20(22)21-9-3-5-11-23(21)27/h2-15H,1H3. The van der Waals surface area contributed by atoms with Gasteiger partial charge in [0.2, 0.25) is 0 Å². The Morgan fingerprint density at radius 1 is 0.778 bits per heavy atom. The van der Waals surface area contributed by atoms with Crippen molar-refractivity contribution in [2.24, 2.45) is 0 Å². The van der Waals surface area contributed by atoms with Crippen LogP contribution in [0.25, 0.3) is 38.8 Å². The van der Waals surface area contributed by atoms with Gasteiger partial charge in [-0.2, -0.15) is 0 Å². The zero-order valence-corrected chi connectivity index (χ0v) is 16.4. The first kappa shape index (κ1) is 16.3. The van der Waals surface area contributed by atoms with Crippen molar-refractivity contribution in [1.29, 1.82) is 0 Å². The topological polar surface area (TPSA) is 17.8 Å².